The number of hydrogen-bond acceptors (Lipinski definition) is 2. The molecule has 0 atom stereocenters. The highest BCUT2D eigenvalue weighted by Gasteiger charge is 2.25. The Bertz CT molecular complexity index is 297. The molecule has 15 heavy (non-hydrogen) atoms. The number of H-pyrrole nitrogens is 1. The van der Waals surface area contributed by atoms with Crippen molar-refractivity contribution in [3.63, 3.8) is 0 Å². The van der Waals surface area contributed by atoms with E-state index in [-0.39, 0.29) is 0 Å². The van der Waals surface area contributed by atoms with Crippen LogP contribution in [-0.4, -0.2) is 29.5 Å². The van der Waals surface area contributed by atoms with Crippen molar-refractivity contribution in [1.82, 2.24) is 15.5 Å². The number of aromatic amines is 1. The summed E-state index contributed by atoms with van der Waals surface area (Å²) in [6, 6.07) is 0. The summed E-state index contributed by atoms with van der Waals surface area (Å²) in [5.74, 6) is 0. The molecule has 0 radical (unpaired) electrons. The Morgan fingerprint density at radius 3 is 2.47 bits per heavy atom. The molecule has 0 saturated heterocycles. The molecule has 0 aliphatic heterocycles. The Kier molecular flexibility index (Phi) is 3.73. The number of aryl methyl sites for hydroxylation is 2. The lowest BCUT2D eigenvalue weighted by Gasteiger charge is -2.07. The zero-order chi connectivity index (χ0) is 11.5. The Morgan fingerprint density at radius 1 is 1.33 bits per heavy atom. The van der Waals surface area contributed by atoms with Gasteiger partial charge in [0.1, 0.15) is 0 Å². The normalized spacial score (nSPS) is 12.1. The highest BCUT2D eigenvalue weighted by Crippen LogP contribution is 2.13. The van der Waals surface area contributed by atoms with Crippen LogP contribution < -0.4 is 5.32 Å². The van der Waals surface area contributed by atoms with E-state index in [1.165, 1.54) is 0 Å². The molecule has 0 aliphatic rings. The summed E-state index contributed by atoms with van der Waals surface area (Å²) in [6.07, 6.45) is -3.58. The first kappa shape index (κ1) is 12.0. The molecule has 0 fully saturated rings. The lowest BCUT2D eigenvalue weighted by Crippen LogP contribution is -2.30. The lowest BCUT2D eigenvalue weighted by molar-refractivity contribution is -0.124. The fourth-order valence-electron chi connectivity index (χ4n) is 1.39. The predicted octanol–water partition coefficient (Wildman–Crippen LogP) is 1.72. The van der Waals surface area contributed by atoms with Gasteiger partial charge in [-0.1, -0.05) is 0 Å². The number of rotatable bonds is 4. The van der Waals surface area contributed by atoms with E-state index in [9.17, 15) is 13.2 Å². The van der Waals surface area contributed by atoms with Gasteiger partial charge < -0.3 is 5.32 Å². The zero-order valence-electron chi connectivity index (χ0n) is 8.70. The van der Waals surface area contributed by atoms with Crippen molar-refractivity contribution in [2.45, 2.75) is 26.4 Å². The van der Waals surface area contributed by atoms with Gasteiger partial charge in [0.05, 0.1) is 12.2 Å². The van der Waals surface area contributed by atoms with E-state index in [2.05, 4.69) is 15.5 Å². The number of nitrogens with zero attached hydrogens (tertiary/aromatic N) is 1. The molecule has 1 aromatic heterocycles. The number of aromatic nitrogens is 2. The Labute approximate surface area is 86.1 Å². The maximum atomic E-state index is 11.8. The topological polar surface area (TPSA) is 40.7 Å². The standard InChI is InChI=1S/C9H14F3N3/c1-6-8(7(2)15-14-6)3-4-13-5-9(10,11)12/h13H,3-5H2,1-2H3,(H,14,15). The van der Waals surface area contributed by atoms with Crippen LogP contribution in [-0.2, 0) is 6.42 Å². The molecule has 1 aromatic rings. The van der Waals surface area contributed by atoms with Gasteiger partial charge in [0.25, 0.3) is 0 Å². The summed E-state index contributed by atoms with van der Waals surface area (Å²) in [5, 5.41) is 9.11. The average Bonchev–Trinajstić information content (AvgIpc) is 2.40. The van der Waals surface area contributed by atoms with E-state index < -0.39 is 12.7 Å². The van der Waals surface area contributed by atoms with Crippen molar-refractivity contribution >= 4 is 0 Å². The molecule has 2 N–H and O–H groups in total. The quantitative estimate of drug-likeness (QED) is 0.760. The smallest absolute Gasteiger partial charge is 0.308 e. The van der Waals surface area contributed by atoms with Crippen LogP contribution in [0.15, 0.2) is 0 Å². The molecule has 0 aromatic carbocycles. The predicted molar refractivity (Wildman–Crippen MR) is 50.7 cm³/mol. The van der Waals surface area contributed by atoms with Gasteiger partial charge in [0, 0.05) is 5.69 Å². The summed E-state index contributed by atoms with van der Waals surface area (Å²) < 4.78 is 35.4. The molecule has 1 rings (SSSR count). The van der Waals surface area contributed by atoms with Gasteiger partial charge in [-0.25, -0.2) is 0 Å². The summed E-state index contributed by atoms with van der Waals surface area (Å²) in [5.41, 5.74) is 2.76. The second kappa shape index (κ2) is 4.65. The molecule has 0 spiro atoms. The monoisotopic (exact) mass is 221 g/mol. The van der Waals surface area contributed by atoms with Gasteiger partial charge in [-0.15, -0.1) is 0 Å². The van der Waals surface area contributed by atoms with Crippen molar-refractivity contribution in [2.75, 3.05) is 13.1 Å². The maximum Gasteiger partial charge on any atom is 0.401 e. The summed E-state index contributed by atoms with van der Waals surface area (Å²) in [4.78, 5) is 0. The van der Waals surface area contributed by atoms with Crippen LogP contribution >= 0.6 is 0 Å². The van der Waals surface area contributed by atoms with Gasteiger partial charge in [-0.05, 0) is 32.4 Å². The van der Waals surface area contributed by atoms with Gasteiger partial charge in [-0.3, -0.25) is 5.10 Å². The first-order valence-corrected chi connectivity index (χ1v) is 4.68. The van der Waals surface area contributed by atoms with Crippen molar-refractivity contribution in [2.24, 2.45) is 0 Å². The zero-order valence-corrected chi connectivity index (χ0v) is 8.70. The summed E-state index contributed by atoms with van der Waals surface area (Å²) >= 11 is 0. The van der Waals surface area contributed by atoms with Crippen LogP contribution in [0.2, 0.25) is 0 Å². The number of hydrogen-bond donors (Lipinski definition) is 2. The van der Waals surface area contributed by atoms with E-state index in [4.69, 9.17) is 0 Å². The van der Waals surface area contributed by atoms with Crippen LogP contribution in [0.5, 0.6) is 0 Å². The van der Waals surface area contributed by atoms with E-state index >= 15 is 0 Å². The Hall–Kier alpha value is -1.04. The minimum absolute atomic E-state index is 0.306. The van der Waals surface area contributed by atoms with Gasteiger partial charge in [0.15, 0.2) is 0 Å². The summed E-state index contributed by atoms with van der Waals surface area (Å²) in [6.45, 7) is 3.06. The number of alkyl halides is 3. The van der Waals surface area contributed by atoms with Crippen molar-refractivity contribution in [1.29, 1.82) is 0 Å². The number of nitrogens with one attached hydrogen (secondary N) is 2. The fraction of sp³-hybridized carbons (Fsp3) is 0.667. The van der Waals surface area contributed by atoms with E-state index in [1.54, 1.807) is 0 Å². The van der Waals surface area contributed by atoms with Crippen molar-refractivity contribution in [3.05, 3.63) is 17.0 Å². The largest absolute Gasteiger partial charge is 0.401 e. The van der Waals surface area contributed by atoms with Crippen molar-refractivity contribution in [3.8, 4) is 0 Å². The minimum atomic E-state index is -4.14. The molecule has 0 bridgehead atoms. The van der Waals surface area contributed by atoms with E-state index in [0.29, 0.717) is 13.0 Å². The third-order valence-electron chi connectivity index (χ3n) is 2.16. The van der Waals surface area contributed by atoms with E-state index in [1.807, 2.05) is 13.8 Å². The second-order valence-electron chi connectivity index (χ2n) is 3.45. The molecule has 0 unspecified atom stereocenters. The van der Waals surface area contributed by atoms with Crippen LogP contribution in [0.25, 0.3) is 0 Å². The van der Waals surface area contributed by atoms with Gasteiger partial charge in [-0.2, -0.15) is 18.3 Å². The molecular formula is C9H14F3N3. The Balaban J connectivity index is 2.32. The number of halogens is 3. The summed E-state index contributed by atoms with van der Waals surface area (Å²) in [7, 11) is 0. The highest BCUT2D eigenvalue weighted by molar-refractivity contribution is 5.23. The molecule has 0 saturated carbocycles. The first-order chi connectivity index (χ1) is 6.90. The molecule has 0 amide bonds. The molecule has 3 nitrogen and oxygen atoms in total. The lowest BCUT2D eigenvalue weighted by atomic mass is 10.1. The Morgan fingerprint density at radius 2 is 2.00 bits per heavy atom. The van der Waals surface area contributed by atoms with Crippen LogP contribution in [0, 0.1) is 13.8 Å². The van der Waals surface area contributed by atoms with Gasteiger partial charge in [0.2, 0.25) is 0 Å². The third-order valence-corrected chi connectivity index (χ3v) is 2.16. The van der Waals surface area contributed by atoms with Crippen LogP contribution in [0.1, 0.15) is 17.0 Å². The molecule has 1 heterocycles. The highest BCUT2D eigenvalue weighted by atomic mass is 19.4. The molecule has 6 heteroatoms. The fourth-order valence-corrected chi connectivity index (χ4v) is 1.39. The van der Waals surface area contributed by atoms with Crippen molar-refractivity contribution < 1.29 is 13.2 Å². The van der Waals surface area contributed by atoms with Gasteiger partial charge >= 0.3 is 6.18 Å². The third kappa shape index (κ3) is 3.91. The second-order valence-corrected chi connectivity index (χ2v) is 3.45. The minimum Gasteiger partial charge on any atom is -0.308 e. The maximum absolute atomic E-state index is 11.8. The first-order valence-electron chi connectivity index (χ1n) is 4.68. The average molecular weight is 221 g/mol. The van der Waals surface area contributed by atoms with E-state index in [0.717, 1.165) is 17.0 Å². The SMILES string of the molecule is Cc1n[nH]c(C)c1CCNCC(F)(F)F. The van der Waals surface area contributed by atoms with Crippen LogP contribution in [0.3, 0.4) is 0 Å². The molecule has 86 valence electrons. The van der Waals surface area contributed by atoms with Crippen LogP contribution in [0.4, 0.5) is 13.2 Å². The molecule has 0 aliphatic carbocycles. The molecular weight excluding hydrogens is 207 g/mol.